The van der Waals surface area contributed by atoms with Crippen LogP contribution >= 0.6 is 0 Å². The van der Waals surface area contributed by atoms with Crippen molar-refractivity contribution in [1.29, 1.82) is 0 Å². The maximum absolute atomic E-state index is 12.8. The quantitative estimate of drug-likeness (QED) is 0.655. The summed E-state index contributed by atoms with van der Waals surface area (Å²) in [6.45, 7) is 2.12. The van der Waals surface area contributed by atoms with Gasteiger partial charge in [-0.1, -0.05) is 19.8 Å². The van der Waals surface area contributed by atoms with Gasteiger partial charge in [0.15, 0.2) is 11.6 Å². The number of alkyl halides is 3. The average molecular weight is 430 g/mol. The van der Waals surface area contributed by atoms with E-state index in [2.05, 4.69) is 37.3 Å². The molecule has 0 radical (unpaired) electrons. The number of hydrogen-bond donors (Lipinski definition) is 1. The number of rotatable bonds is 4. The van der Waals surface area contributed by atoms with Crippen LogP contribution in [0.3, 0.4) is 0 Å². The molecule has 8 nitrogen and oxygen atoms in total. The molecule has 0 amide bonds. The summed E-state index contributed by atoms with van der Waals surface area (Å²) in [5.41, 5.74) is 0.239. The van der Waals surface area contributed by atoms with Crippen molar-refractivity contribution in [2.45, 2.75) is 57.3 Å². The highest BCUT2D eigenvalue weighted by Gasteiger charge is 2.38. The Balaban J connectivity index is 1.51. The number of fused-ring (bicyclic) bond motifs is 3. The Morgan fingerprint density at radius 2 is 1.94 bits per heavy atom. The van der Waals surface area contributed by atoms with Crippen molar-refractivity contribution in [3.05, 3.63) is 42.4 Å². The van der Waals surface area contributed by atoms with Crippen molar-refractivity contribution < 1.29 is 13.2 Å². The van der Waals surface area contributed by atoms with Crippen LogP contribution in [0.1, 0.15) is 56.6 Å². The normalized spacial score (nSPS) is 18.7. The van der Waals surface area contributed by atoms with E-state index in [1.54, 1.807) is 12.5 Å². The van der Waals surface area contributed by atoms with E-state index >= 15 is 0 Å². The van der Waals surface area contributed by atoms with E-state index in [9.17, 15) is 13.2 Å². The summed E-state index contributed by atoms with van der Waals surface area (Å²) in [6, 6.07) is 2.65. The van der Waals surface area contributed by atoms with E-state index in [0.29, 0.717) is 17.7 Å². The van der Waals surface area contributed by atoms with Crippen molar-refractivity contribution in [3.63, 3.8) is 0 Å². The van der Waals surface area contributed by atoms with Gasteiger partial charge in [-0.15, -0.1) is 10.2 Å². The maximum Gasteiger partial charge on any atom is 0.433 e. The lowest BCUT2D eigenvalue weighted by Gasteiger charge is -2.40. The first-order valence-electron chi connectivity index (χ1n) is 10.3. The number of nitrogens with one attached hydrogen (secondary N) is 1. The second-order valence-electron chi connectivity index (χ2n) is 7.79. The van der Waals surface area contributed by atoms with Crippen molar-refractivity contribution in [3.8, 4) is 5.69 Å². The number of aromatic nitrogens is 6. The number of pyridine rings is 1. The molecule has 5 rings (SSSR count). The van der Waals surface area contributed by atoms with Crippen LogP contribution < -0.4 is 10.2 Å². The summed E-state index contributed by atoms with van der Waals surface area (Å²) in [5, 5.41) is 11.4. The van der Waals surface area contributed by atoms with E-state index in [1.807, 2.05) is 4.57 Å². The zero-order valence-corrected chi connectivity index (χ0v) is 16.8. The second kappa shape index (κ2) is 7.47. The summed E-state index contributed by atoms with van der Waals surface area (Å²) in [6.07, 6.45) is 5.38. The van der Waals surface area contributed by atoms with Gasteiger partial charge < -0.3 is 10.2 Å². The predicted octanol–water partition coefficient (Wildman–Crippen LogP) is 4.43. The SMILES string of the molecule is CCC1c2nncn2-c2cnc(Nc3ccc(C(F)(F)F)nc3)nc2N1C1CCCC1. The molecule has 3 aromatic rings. The summed E-state index contributed by atoms with van der Waals surface area (Å²) in [7, 11) is 0. The smallest absolute Gasteiger partial charge is 0.341 e. The van der Waals surface area contributed by atoms with Gasteiger partial charge >= 0.3 is 6.18 Å². The number of halogens is 3. The molecule has 1 atom stereocenters. The van der Waals surface area contributed by atoms with Crippen LogP contribution in [-0.4, -0.2) is 35.8 Å². The molecule has 0 bridgehead atoms. The van der Waals surface area contributed by atoms with Crippen LogP contribution in [0.25, 0.3) is 5.69 Å². The lowest BCUT2D eigenvalue weighted by atomic mass is 10.0. The topological polar surface area (TPSA) is 84.7 Å². The third kappa shape index (κ3) is 3.47. The third-order valence-electron chi connectivity index (χ3n) is 5.88. The highest BCUT2D eigenvalue weighted by Crippen LogP contribution is 2.42. The number of hydrogen-bond acceptors (Lipinski definition) is 7. The Labute approximate surface area is 176 Å². The largest absolute Gasteiger partial charge is 0.433 e. The van der Waals surface area contributed by atoms with Gasteiger partial charge in [-0.25, -0.2) is 9.97 Å². The Kier molecular flexibility index (Phi) is 4.75. The summed E-state index contributed by atoms with van der Waals surface area (Å²) in [4.78, 5) is 14.9. The molecule has 11 heteroatoms. The van der Waals surface area contributed by atoms with Gasteiger partial charge in [0.1, 0.15) is 17.7 Å². The van der Waals surface area contributed by atoms with Crippen LogP contribution in [0.4, 0.5) is 30.6 Å². The van der Waals surface area contributed by atoms with Crippen LogP contribution in [0, 0.1) is 0 Å². The van der Waals surface area contributed by atoms with Crippen molar-refractivity contribution in [2.75, 3.05) is 10.2 Å². The molecular weight excluding hydrogens is 409 g/mol. The van der Waals surface area contributed by atoms with Gasteiger partial charge in [-0.2, -0.15) is 18.2 Å². The lowest BCUT2D eigenvalue weighted by Crippen LogP contribution is -2.42. The van der Waals surface area contributed by atoms with E-state index in [1.165, 1.54) is 18.9 Å². The zero-order chi connectivity index (χ0) is 21.6. The average Bonchev–Trinajstić information content (AvgIpc) is 3.44. The highest BCUT2D eigenvalue weighted by atomic mass is 19.4. The molecule has 4 heterocycles. The minimum atomic E-state index is -4.48. The minimum Gasteiger partial charge on any atom is -0.341 e. The lowest BCUT2D eigenvalue weighted by molar-refractivity contribution is -0.141. The molecule has 0 aromatic carbocycles. The molecule has 2 aliphatic rings. The van der Waals surface area contributed by atoms with Gasteiger partial charge in [0.25, 0.3) is 0 Å². The van der Waals surface area contributed by atoms with Crippen LogP contribution in [0.15, 0.2) is 30.9 Å². The minimum absolute atomic E-state index is 0.0496. The molecule has 1 unspecified atom stereocenters. The molecule has 1 fully saturated rings. The first kappa shape index (κ1) is 19.7. The highest BCUT2D eigenvalue weighted by molar-refractivity contribution is 5.65. The molecule has 31 heavy (non-hydrogen) atoms. The second-order valence-corrected chi connectivity index (χ2v) is 7.79. The Morgan fingerprint density at radius 1 is 1.13 bits per heavy atom. The molecule has 1 aliphatic carbocycles. The Morgan fingerprint density at radius 3 is 2.61 bits per heavy atom. The molecule has 1 saturated carbocycles. The Hall–Kier alpha value is -3.24. The van der Waals surface area contributed by atoms with Gasteiger partial charge in [0.05, 0.1) is 24.1 Å². The van der Waals surface area contributed by atoms with Gasteiger partial charge in [0, 0.05) is 6.04 Å². The molecular formula is C20H21F3N8. The summed E-state index contributed by atoms with van der Waals surface area (Å²) < 4.78 is 40.2. The fourth-order valence-electron chi connectivity index (χ4n) is 4.47. The molecule has 0 spiro atoms. The third-order valence-corrected chi connectivity index (χ3v) is 5.88. The first-order valence-corrected chi connectivity index (χ1v) is 10.3. The molecule has 1 N–H and O–H groups in total. The molecule has 3 aromatic heterocycles. The van der Waals surface area contributed by atoms with Crippen LogP contribution in [-0.2, 0) is 6.18 Å². The van der Waals surface area contributed by atoms with Crippen LogP contribution in [0.2, 0.25) is 0 Å². The van der Waals surface area contributed by atoms with Crippen molar-refractivity contribution >= 4 is 17.5 Å². The standard InChI is InChI=1S/C20H21F3N8/c1-2-14-18-29-26-11-30(18)15-10-25-19(28-17(15)31(14)13-5-3-4-6-13)27-12-7-8-16(24-9-12)20(21,22)23/h7-11,13-14H,2-6H2,1H3,(H,25,27,28). The van der Waals surface area contributed by atoms with Crippen molar-refractivity contribution in [1.82, 2.24) is 29.7 Å². The first-order chi connectivity index (χ1) is 15.0. The van der Waals surface area contributed by atoms with E-state index in [4.69, 9.17) is 4.98 Å². The monoisotopic (exact) mass is 430 g/mol. The molecule has 1 aliphatic heterocycles. The molecule has 0 saturated heterocycles. The summed E-state index contributed by atoms with van der Waals surface area (Å²) >= 11 is 0. The van der Waals surface area contributed by atoms with Gasteiger partial charge in [-0.05, 0) is 31.4 Å². The van der Waals surface area contributed by atoms with Crippen LogP contribution in [0.5, 0.6) is 0 Å². The zero-order valence-electron chi connectivity index (χ0n) is 16.8. The fourth-order valence-corrected chi connectivity index (χ4v) is 4.47. The fraction of sp³-hybridized carbons (Fsp3) is 0.450. The predicted molar refractivity (Wildman–Crippen MR) is 107 cm³/mol. The number of anilines is 3. The van der Waals surface area contributed by atoms with E-state index < -0.39 is 11.9 Å². The van der Waals surface area contributed by atoms with E-state index in [-0.39, 0.29) is 6.04 Å². The maximum atomic E-state index is 12.8. The Bertz CT molecular complexity index is 1070. The van der Waals surface area contributed by atoms with E-state index in [0.717, 1.165) is 48.9 Å². The molecule has 162 valence electrons. The van der Waals surface area contributed by atoms with Gasteiger partial charge in [0.2, 0.25) is 5.95 Å². The summed E-state index contributed by atoms with van der Waals surface area (Å²) in [5.74, 6) is 1.95. The van der Waals surface area contributed by atoms with Gasteiger partial charge in [-0.3, -0.25) is 4.57 Å². The number of nitrogens with zero attached hydrogens (tertiary/aromatic N) is 7. The van der Waals surface area contributed by atoms with Crippen molar-refractivity contribution in [2.24, 2.45) is 0 Å².